The number of halogens is 1. The number of carbonyl (C=O) groups is 1. The number of H-pyrrole nitrogens is 1. The van der Waals surface area contributed by atoms with Gasteiger partial charge in [-0.1, -0.05) is 18.2 Å². The molecule has 2 bridgehead atoms. The molecule has 1 N–H and O–H groups in total. The third-order valence-electron chi connectivity index (χ3n) is 5.14. The molecule has 4 rings (SSSR count). The summed E-state index contributed by atoms with van der Waals surface area (Å²) in [5.41, 5.74) is 1.63. The second-order valence-electron chi connectivity index (χ2n) is 6.30. The van der Waals surface area contributed by atoms with Crippen LogP contribution in [0.3, 0.4) is 0 Å². The van der Waals surface area contributed by atoms with Crippen LogP contribution in [0.4, 0.5) is 0 Å². The summed E-state index contributed by atoms with van der Waals surface area (Å²) in [7, 11) is 2.19. The Morgan fingerprint density at radius 3 is 2.64 bits per heavy atom. The average Bonchev–Trinajstić information content (AvgIpc) is 2.98. The molecule has 1 aromatic heterocycles. The molecule has 2 aliphatic rings. The van der Waals surface area contributed by atoms with Crippen LogP contribution in [0.15, 0.2) is 30.5 Å². The number of esters is 1. The van der Waals surface area contributed by atoms with Gasteiger partial charge in [0, 0.05) is 42.0 Å². The normalized spacial score (nSPS) is 27.6. The molecule has 0 amide bonds. The highest BCUT2D eigenvalue weighted by Crippen LogP contribution is 2.35. The van der Waals surface area contributed by atoms with E-state index in [9.17, 15) is 4.79 Å². The fraction of sp³-hybridized carbons (Fsp3) is 0.471. The van der Waals surface area contributed by atoms with Crippen molar-refractivity contribution in [1.29, 1.82) is 0 Å². The van der Waals surface area contributed by atoms with Crippen molar-refractivity contribution in [2.75, 3.05) is 7.05 Å². The molecule has 2 fully saturated rings. The smallest absolute Gasteiger partial charge is 0.340 e. The minimum absolute atomic E-state index is 0. The van der Waals surface area contributed by atoms with E-state index in [1.54, 1.807) is 6.20 Å². The van der Waals surface area contributed by atoms with E-state index >= 15 is 0 Å². The molecule has 2 aliphatic heterocycles. The molecule has 5 heteroatoms. The maximum atomic E-state index is 12.4. The van der Waals surface area contributed by atoms with Crippen molar-refractivity contribution in [3.05, 3.63) is 36.0 Å². The van der Waals surface area contributed by atoms with E-state index in [2.05, 4.69) is 16.9 Å². The minimum atomic E-state index is -0.193. The van der Waals surface area contributed by atoms with Crippen LogP contribution in [-0.2, 0) is 4.74 Å². The summed E-state index contributed by atoms with van der Waals surface area (Å²) in [5.74, 6) is -0.193. The molecular weight excluding hydrogens is 300 g/mol. The van der Waals surface area contributed by atoms with Gasteiger partial charge in [0.15, 0.2) is 0 Å². The molecular formula is C17H21ClN2O2. The Balaban J connectivity index is 0.00000144. The molecule has 2 aromatic rings. The highest BCUT2D eigenvalue weighted by atomic mass is 35.5. The zero-order valence-corrected chi connectivity index (χ0v) is 13.4. The van der Waals surface area contributed by atoms with Crippen LogP contribution in [0.25, 0.3) is 10.9 Å². The number of nitrogens with zero attached hydrogens (tertiary/aromatic N) is 1. The second-order valence-corrected chi connectivity index (χ2v) is 6.30. The Labute approximate surface area is 136 Å². The molecule has 0 spiro atoms. The van der Waals surface area contributed by atoms with E-state index in [0.717, 1.165) is 23.7 Å². The molecule has 2 atom stereocenters. The first-order valence-corrected chi connectivity index (χ1v) is 7.71. The molecule has 0 saturated carbocycles. The molecule has 2 saturated heterocycles. The van der Waals surface area contributed by atoms with Crippen molar-refractivity contribution in [3.8, 4) is 0 Å². The highest BCUT2D eigenvalue weighted by Gasteiger charge is 2.40. The van der Waals surface area contributed by atoms with Crippen LogP contribution < -0.4 is 0 Å². The number of piperidine rings is 1. The predicted octanol–water partition coefficient (Wildman–Crippen LogP) is 3.37. The van der Waals surface area contributed by atoms with Crippen LogP contribution in [0.5, 0.6) is 0 Å². The number of rotatable bonds is 2. The van der Waals surface area contributed by atoms with Crippen LogP contribution in [0.1, 0.15) is 36.0 Å². The topological polar surface area (TPSA) is 45.3 Å². The van der Waals surface area contributed by atoms with E-state index in [1.807, 2.05) is 24.3 Å². The van der Waals surface area contributed by atoms with E-state index in [1.165, 1.54) is 12.8 Å². The first-order valence-electron chi connectivity index (χ1n) is 7.71. The number of aromatic nitrogens is 1. The van der Waals surface area contributed by atoms with Crippen LogP contribution in [0.2, 0.25) is 0 Å². The number of hydrogen-bond donors (Lipinski definition) is 1. The van der Waals surface area contributed by atoms with E-state index in [-0.39, 0.29) is 24.5 Å². The first kappa shape index (κ1) is 15.4. The summed E-state index contributed by atoms with van der Waals surface area (Å²) in [5, 5.41) is 0.943. The van der Waals surface area contributed by atoms with Gasteiger partial charge in [-0.25, -0.2) is 4.79 Å². The van der Waals surface area contributed by atoms with E-state index < -0.39 is 0 Å². The number of ether oxygens (including phenoxy) is 1. The molecule has 118 valence electrons. The van der Waals surface area contributed by atoms with Crippen molar-refractivity contribution in [3.63, 3.8) is 0 Å². The third kappa shape index (κ3) is 2.50. The van der Waals surface area contributed by atoms with Crippen molar-refractivity contribution in [2.45, 2.75) is 43.9 Å². The fourth-order valence-corrected chi connectivity index (χ4v) is 3.91. The Kier molecular flexibility index (Phi) is 4.15. The van der Waals surface area contributed by atoms with Gasteiger partial charge < -0.3 is 14.6 Å². The number of para-hydroxylation sites is 1. The van der Waals surface area contributed by atoms with E-state index in [0.29, 0.717) is 17.6 Å². The van der Waals surface area contributed by atoms with E-state index in [4.69, 9.17) is 4.74 Å². The minimum Gasteiger partial charge on any atom is -0.459 e. The lowest BCUT2D eigenvalue weighted by Crippen LogP contribution is -2.43. The SMILES string of the molecule is CN1[C@H]2CC[C@H]1CC(OC(=O)c1c[nH]c3ccccc13)C2.Cl. The fourth-order valence-electron chi connectivity index (χ4n) is 3.91. The summed E-state index contributed by atoms with van der Waals surface area (Å²) < 4.78 is 5.79. The maximum absolute atomic E-state index is 12.4. The van der Waals surface area contributed by atoms with Crippen molar-refractivity contribution >= 4 is 29.3 Å². The summed E-state index contributed by atoms with van der Waals surface area (Å²) in [4.78, 5) is 18.0. The Morgan fingerprint density at radius 1 is 1.23 bits per heavy atom. The zero-order chi connectivity index (χ0) is 14.4. The van der Waals surface area contributed by atoms with Crippen molar-refractivity contribution in [2.24, 2.45) is 0 Å². The van der Waals surface area contributed by atoms with Gasteiger partial charge >= 0.3 is 5.97 Å². The number of fused-ring (bicyclic) bond motifs is 3. The second kappa shape index (κ2) is 5.94. The van der Waals surface area contributed by atoms with Gasteiger partial charge in [0.1, 0.15) is 6.10 Å². The van der Waals surface area contributed by atoms with Gasteiger partial charge in [-0.2, -0.15) is 0 Å². The summed E-state index contributed by atoms with van der Waals surface area (Å²) in [6.07, 6.45) is 6.25. The number of nitrogens with one attached hydrogen (secondary N) is 1. The van der Waals surface area contributed by atoms with Crippen LogP contribution >= 0.6 is 12.4 Å². The van der Waals surface area contributed by atoms with Gasteiger partial charge in [-0.15, -0.1) is 12.4 Å². The quantitative estimate of drug-likeness (QED) is 0.863. The molecule has 4 nitrogen and oxygen atoms in total. The lowest BCUT2D eigenvalue weighted by atomic mass is 10.0. The molecule has 0 aliphatic carbocycles. The molecule has 0 unspecified atom stereocenters. The first-order chi connectivity index (χ1) is 10.2. The maximum Gasteiger partial charge on any atom is 0.340 e. The summed E-state index contributed by atoms with van der Waals surface area (Å²) in [6.45, 7) is 0. The van der Waals surface area contributed by atoms with Gasteiger partial charge in [-0.3, -0.25) is 0 Å². The Hall–Kier alpha value is -1.52. The number of aromatic amines is 1. The van der Waals surface area contributed by atoms with Gasteiger partial charge in [-0.05, 0) is 26.0 Å². The van der Waals surface area contributed by atoms with Gasteiger partial charge in [0.05, 0.1) is 5.56 Å². The number of benzene rings is 1. The standard InChI is InChI=1S/C17H20N2O2.ClH/c1-19-11-6-7-12(19)9-13(8-11)21-17(20)15-10-18-16-5-3-2-4-14(15)16;/h2-5,10-13,18H,6-9H2,1H3;1H/t11-,12-;/m0./s1. The number of hydrogen-bond acceptors (Lipinski definition) is 3. The molecule has 0 radical (unpaired) electrons. The Morgan fingerprint density at radius 2 is 1.91 bits per heavy atom. The predicted molar refractivity (Wildman–Crippen MR) is 88.6 cm³/mol. The molecule has 3 heterocycles. The van der Waals surface area contributed by atoms with Crippen molar-refractivity contribution in [1.82, 2.24) is 9.88 Å². The van der Waals surface area contributed by atoms with Gasteiger partial charge in [0.2, 0.25) is 0 Å². The summed E-state index contributed by atoms with van der Waals surface area (Å²) >= 11 is 0. The zero-order valence-electron chi connectivity index (χ0n) is 12.6. The molecule has 22 heavy (non-hydrogen) atoms. The highest BCUT2D eigenvalue weighted by molar-refractivity contribution is 6.04. The summed E-state index contributed by atoms with van der Waals surface area (Å²) in [6, 6.07) is 9.02. The third-order valence-corrected chi connectivity index (χ3v) is 5.14. The Bertz CT molecular complexity index is 670. The van der Waals surface area contributed by atoms with Crippen LogP contribution in [0, 0.1) is 0 Å². The monoisotopic (exact) mass is 320 g/mol. The average molecular weight is 321 g/mol. The largest absolute Gasteiger partial charge is 0.459 e. The van der Waals surface area contributed by atoms with Gasteiger partial charge in [0.25, 0.3) is 0 Å². The number of carbonyl (C=O) groups excluding carboxylic acids is 1. The lowest BCUT2D eigenvalue weighted by molar-refractivity contribution is -0.000258. The lowest BCUT2D eigenvalue weighted by Gasteiger charge is -2.35. The molecule has 1 aromatic carbocycles. The van der Waals surface area contributed by atoms with Crippen LogP contribution in [-0.4, -0.2) is 41.1 Å². The van der Waals surface area contributed by atoms with Crippen molar-refractivity contribution < 1.29 is 9.53 Å².